The lowest BCUT2D eigenvalue weighted by atomic mass is 9.51. The van der Waals surface area contributed by atoms with Crippen LogP contribution in [0.25, 0.3) is 0 Å². The molecule has 1 heteroatoms. The van der Waals surface area contributed by atoms with Crippen LogP contribution in [0.15, 0.2) is 0 Å². The molecular weight excluding hydrogens is 328 g/mol. The molecular formula is C26H46O. The van der Waals surface area contributed by atoms with E-state index in [9.17, 15) is 4.79 Å². The second-order valence-electron chi connectivity index (χ2n) is 10.5. The van der Waals surface area contributed by atoms with Gasteiger partial charge in [-0.2, -0.15) is 0 Å². The molecule has 0 aromatic heterocycles. The first-order valence-electron chi connectivity index (χ1n) is 12.7. The zero-order chi connectivity index (χ0) is 19.1. The standard InChI is InChI=1S/C26H46O/c1-3-8-21-12-14-23(15-13-21)25(20-27)26(24-10-6-5-7-11-24)18-16-22(9-4-2)17-19-26/h20-25H,3-19H2,1-2H3. The first-order valence-corrected chi connectivity index (χ1v) is 12.7. The van der Waals surface area contributed by atoms with Gasteiger partial charge in [0.2, 0.25) is 0 Å². The lowest BCUT2D eigenvalue weighted by Crippen LogP contribution is -2.46. The Morgan fingerprint density at radius 3 is 1.85 bits per heavy atom. The Labute approximate surface area is 169 Å². The van der Waals surface area contributed by atoms with E-state index in [1.807, 2.05) is 0 Å². The summed E-state index contributed by atoms with van der Waals surface area (Å²) in [5.41, 5.74) is 0.370. The van der Waals surface area contributed by atoms with E-state index in [2.05, 4.69) is 13.8 Å². The minimum absolute atomic E-state index is 0.366. The number of hydrogen-bond donors (Lipinski definition) is 0. The minimum atomic E-state index is 0.366. The van der Waals surface area contributed by atoms with Crippen LogP contribution in [0.3, 0.4) is 0 Å². The fourth-order valence-corrected chi connectivity index (χ4v) is 7.56. The van der Waals surface area contributed by atoms with E-state index in [1.54, 1.807) is 0 Å². The van der Waals surface area contributed by atoms with Gasteiger partial charge < -0.3 is 4.79 Å². The molecule has 0 spiro atoms. The maximum absolute atomic E-state index is 12.6. The lowest BCUT2D eigenvalue weighted by molar-refractivity contribution is -0.125. The topological polar surface area (TPSA) is 17.1 Å². The number of hydrogen-bond acceptors (Lipinski definition) is 1. The lowest BCUT2D eigenvalue weighted by Gasteiger charge is -2.53. The van der Waals surface area contributed by atoms with Gasteiger partial charge in [0.05, 0.1) is 0 Å². The van der Waals surface area contributed by atoms with Crippen LogP contribution in [0.5, 0.6) is 0 Å². The highest BCUT2D eigenvalue weighted by Gasteiger charge is 2.49. The molecule has 0 amide bonds. The number of aldehydes is 1. The highest BCUT2D eigenvalue weighted by atomic mass is 16.1. The van der Waals surface area contributed by atoms with Crippen LogP contribution in [-0.2, 0) is 4.79 Å². The molecule has 1 nitrogen and oxygen atoms in total. The van der Waals surface area contributed by atoms with Gasteiger partial charge in [0.1, 0.15) is 6.29 Å². The van der Waals surface area contributed by atoms with Crippen LogP contribution < -0.4 is 0 Å². The SMILES string of the molecule is CCCC1CCC(C(C=O)C2(C3CCCCC3)CCC(CCC)CC2)CC1. The van der Waals surface area contributed by atoms with Crippen molar-refractivity contribution in [3.05, 3.63) is 0 Å². The third kappa shape index (κ3) is 4.99. The molecule has 3 aliphatic carbocycles. The summed E-state index contributed by atoms with van der Waals surface area (Å²) >= 11 is 0. The van der Waals surface area contributed by atoms with Crippen molar-refractivity contribution in [3.63, 3.8) is 0 Å². The molecule has 0 heterocycles. The average molecular weight is 375 g/mol. The summed E-state index contributed by atoms with van der Waals surface area (Å²) in [6.07, 6.45) is 25.0. The predicted octanol–water partition coefficient (Wildman–Crippen LogP) is 7.97. The fourth-order valence-electron chi connectivity index (χ4n) is 7.56. The molecule has 1 atom stereocenters. The van der Waals surface area contributed by atoms with Gasteiger partial charge in [0, 0.05) is 5.92 Å². The van der Waals surface area contributed by atoms with Gasteiger partial charge >= 0.3 is 0 Å². The molecule has 0 aromatic rings. The van der Waals surface area contributed by atoms with Crippen LogP contribution in [0.2, 0.25) is 0 Å². The summed E-state index contributed by atoms with van der Waals surface area (Å²) in [6, 6.07) is 0. The molecule has 0 bridgehead atoms. The van der Waals surface area contributed by atoms with Crippen molar-refractivity contribution < 1.29 is 4.79 Å². The van der Waals surface area contributed by atoms with Crippen molar-refractivity contribution in [2.45, 2.75) is 123 Å². The monoisotopic (exact) mass is 374 g/mol. The number of carbonyl (C=O) groups is 1. The molecule has 156 valence electrons. The van der Waals surface area contributed by atoms with Crippen molar-refractivity contribution in [1.82, 2.24) is 0 Å². The first kappa shape index (κ1) is 21.4. The van der Waals surface area contributed by atoms with E-state index in [0.717, 1.165) is 17.8 Å². The Kier molecular flexibility index (Phi) is 8.27. The molecule has 0 radical (unpaired) electrons. The second kappa shape index (κ2) is 10.4. The summed E-state index contributed by atoms with van der Waals surface area (Å²) in [4.78, 5) is 12.6. The molecule has 0 N–H and O–H groups in total. The Balaban J connectivity index is 1.73. The van der Waals surface area contributed by atoms with Gasteiger partial charge in [-0.05, 0) is 80.5 Å². The quantitative estimate of drug-likeness (QED) is 0.394. The number of carbonyl (C=O) groups excluding carboxylic acids is 1. The van der Waals surface area contributed by atoms with Gasteiger partial charge in [-0.3, -0.25) is 0 Å². The van der Waals surface area contributed by atoms with Gasteiger partial charge in [-0.25, -0.2) is 0 Å². The highest BCUT2D eigenvalue weighted by Crippen LogP contribution is 2.57. The van der Waals surface area contributed by atoms with Gasteiger partial charge in [0.15, 0.2) is 0 Å². The Morgan fingerprint density at radius 2 is 1.33 bits per heavy atom. The molecule has 3 saturated carbocycles. The van der Waals surface area contributed by atoms with Crippen molar-refractivity contribution >= 4 is 6.29 Å². The third-order valence-electron chi connectivity index (χ3n) is 9.06. The molecule has 3 fully saturated rings. The highest BCUT2D eigenvalue weighted by molar-refractivity contribution is 5.56. The zero-order valence-electron chi connectivity index (χ0n) is 18.4. The zero-order valence-corrected chi connectivity index (χ0v) is 18.4. The van der Waals surface area contributed by atoms with Gasteiger partial charge in [0.25, 0.3) is 0 Å². The normalized spacial score (nSPS) is 37.0. The van der Waals surface area contributed by atoms with Crippen LogP contribution in [0.1, 0.15) is 123 Å². The van der Waals surface area contributed by atoms with Crippen molar-refractivity contribution in [3.8, 4) is 0 Å². The maximum atomic E-state index is 12.6. The smallest absolute Gasteiger partial charge is 0.123 e. The molecule has 0 aromatic carbocycles. The Morgan fingerprint density at radius 1 is 0.778 bits per heavy atom. The van der Waals surface area contributed by atoms with Crippen molar-refractivity contribution in [2.24, 2.45) is 35.0 Å². The second-order valence-corrected chi connectivity index (χ2v) is 10.5. The largest absolute Gasteiger partial charge is 0.303 e. The Hall–Kier alpha value is -0.330. The van der Waals surface area contributed by atoms with E-state index in [0.29, 0.717) is 17.3 Å². The van der Waals surface area contributed by atoms with Crippen molar-refractivity contribution in [1.29, 1.82) is 0 Å². The predicted molar refractivity (Wildman–Crippen MR) is 116 cm³/mol. The maximum Gasteiger partial charge on any atom is 0.123 e. The first-order chi connectivity index (χ1) is 13.2. The van der Waals surface area contributed by atoms with Crippen molar-refractivity contribution in [2.75, 3.05) is 0 Å². The van der Waals surface area contributed by atoms with Crippen LogP contribution in [0.4, 0.5) is 0 Å². The summed E-state index contributed by atoms with van der Waals surface area (Å²) in [5, 5.41) is 0. The van der Waals surface area contributed by atoms with Gasteiger partial charge in [-0.15, -0.1) is 0 Å². The third-order valence-corrected chi connectivity index (χ3v) is 9.06. The number of rotatable bonds is 8. The van der Waals surface area contributed by atoms with Crippen LogP contribution >= 0.6 is 0 Å². The van der Waals surface area contributed by atoms with Crippen LogP contribution in [-0.4, -0.2) is 6.29 Å². The summed E-state index contributed by atoms with van der Waals surface area (Å²) in [6.45, 7) is 4.67. The van der Waals surface area contributed by atoms with Crippen LogP contribution in [0, 0.1) is 35.0 Å². The fraction of sp³-hybridized carbons (Fsp3) is 0.962. The molecule has 1 unspecified atom stereocenters. The molecule has 3 aliphatic rings. The van der Waals surface area contributed by atoms with E-state index in [1.165, 1.54) is 115 Å². The Bertz CT molecular complexity index is 419. The molecule has 3 rings (SSSR count). The summed E-state index contributed by atoms with van der Waals surface area (Å²) < 4.78 is 0. The summed E-state index contributed by atoms with van der Waals surface area (Å²) in [5.74, 6) is 3.80. The minimum Gasteiger partial charge on any atom is -0.303 e. The van der Waals surface area contributed by atoms with E-state index in [-0.39, 0.29) is 0 Å². The van der Waals surface area contributed by atoms with Gasteiger partial charge in [-0.1, -0.05) is 71.6 Å². The molecule has 0 aliphatic heterocycles. The molecule has 0 saturated heterocycles. The van der Waals surface area contributed by atoms with E-state index >= 15 is 0 Å². The average Bonchev–Trinajstić information content (AvgIpc) is 2.72. The summed E-state index contributed by atoms with van der Waals surface area (Å²) in [7, 11) is 0. The molecule has 27 heavy (non-hydrogen) atoms. The van der Waals surface area contributed by atoms with E-state index < -0.39 is 0 Å². The van der Waals surface area contributed by atoms with E-state index in [4.69, 9.17) is 0 Å².